The molecule has 1 heterocycles. The molecule has 1 aromatic heterocycles. The van der Waals surface area contributed by atoms with Crippen molar-refractivity contribution < 1.29 is 14.4 Å². The summed E-state index contributed by atoms with van der Waals surface area (Å²) in [6, 6.07) is 9.28. The largest absolute Gasteiger partial charge is 0.487 e. The Morgan fingerprint density at radius 1 is 1.33 bits per heavy atom. The zero-order chi connectivity index (χ0) is 13.0. The van der Waals surface area contributed by atoms with Crippen LogP contribution in [0.3, 0.4) is 0 Å². The fourth-order valence-electron chi connectivity index (χ4n) is 1.67. The van der Waals surface area contributed by atoms with Crippen molar-refractivity contribution in [2.24, 2.45) is 0 Å². The number of nitrogens with zero attached hydrogens (tertiary/aromatic N) is 1. The van der Waals surface area contributed by atoms with Gasteiger partial charge in [-0.2, -0.15) is 0 Å². The van der Waals surface area contributed by atoms with Gasteiger partial charge in [-0.1, -0.05) is 24.2 Å². The van der Waals surface area contributed by atoms with E-state index in [1.54, 1.807) is 0 Å². The lowest BCUT2D eigenvalue weighted by atomic mass is 10.1. The monoisotopic (exact) mass is 247 g/mol. The zero-order valence-electron chi connectivity index (χ0n) is 10.6. The van der Waals surface area contributed by atoms with E-state index in [4.69, 9.17) is 9.26 Å². The van der Waals surface area contributed by atoms with E-state index >= 15 is 0 Å². The third-order valence-electron chi connectivity index (χ3n) is 2.72. The maximum Gasteiger partial charge on any atom is 0.134 e. The molecule has 0 spiro atoms. The normalized spacial score (nSPS) is 12.4. The van der Waals surface area contributed by atoms with Crippen LogP contribution in [-0.4, -0.2) is 10.3 Å². The molecule has 4 nitrogen and oxygen atoms in total. The molecule has 0 aliphatic rings. The van der Waals surface area contributed by atoms with Crippen LogP contribution in [0, 0.1) is 6.92 Å². The van der Waals surface area contributed by atoms with Gasteiger partial charge in [-0.15, -0.1) is 0 Å². The summed E-state index contributed by atoms with van der Waals surface area (Å²) in [4.78, 5) is 0. The molecule has 0 aliphatic carbocycles. The molecule has 0 bridgehead atoms. The van der Waals surface area contributed by atoms with Crippen molar-refractivity contribution in [2.75, 3.05) is 0 Å². The summed E-state index contributed by atoms with van der Waals surface area (Å²) in [6.07, 6.45) is 0.301. The predicted molar refractivity (Wildman–Crippen MR) is 67.3 cm³/mol. The Morgan fingerprint density at radius 2 is 2.06 bits per heavy atom. The first kappa shape index (κ1) is 12.6. The van der Waals surface area contributed by atoms with Gasteiger partial charge < -0.3 is 14.4 Å². The molecule has 18 heavy (non-hydrogen) atoms. The molecule has 2 rings (SSSR count). The standard InChI is InChI=1S/C14H17NO3/c1-3-14(16)11-4-6-13(7-5-11)17-9-12-8-10(2)18-15-12/h4-8,14,16H,3,9H2,1-2H3/t14-/m0/s1. The second kappa shape index (κ2) is 5.69. The summed E-state index contributed by atoms with van der Waals surface area (Å²) in [6.45, 7) is 4.17. The minimum Gasteiger partial charge on any atom is -0.487 e. The smallest absolute Gasteiger partial charge is 0.134 e. The van der Waals surface area contributed by atoms with Gasteiger partial charge in [0.1, 0.15) is 23.8 Å². The number of rotatable bonds is 5. The number of ether oxygens (including phenoxy) is 1. The molecule has 0 saturated heterocycles. The first-order valence-electron chi connectivity index (χ1n) is 6.02. The third kappa shape index (κ3) is 3.11. The molecular formula is C14H17NO3. The Hall–Kier alpha value is -1.81. The first-order chi connectivity index (χ1) is 8.69. The molecule has 1 aromatic carbocycles. The number of hydrogen-bond acceptors (Lipinski definition) is 4. The van der Waals surface area contributed by atoms with Gasteiger partial charge in [0.25, 0.3) is 0 Å². The molecule has 0 fully saturated rings. The van der Waals surface area contributed by atoms with Gasteiger partial charge in [0, 0.05) is 6.07 Å². The highest BCUT2D eigenvalue weighted by Gasteiger charge is 2.05. The van der Waals surface area contributed by atoms with Crippen LogP contribution in [0.5, 0.6) is 5.75 Å². The number of benzene rings is 1. The Labute approximate surface area is 106 Å². The van der Waals surface area contributed by atoms with E-state index in [2.05, 4.69) is 5.16 Å². The van der Waals surface area contributed by atoms with E-state index in [9.17, 15) is 5.11 Å². The van der Waals surface area contributed by atoms with Gasteiger partial charge in [0.05, 0.1) is 6.10 Å². The highest BCUT2D eigenvalue weighted by atomic mass is 16.5. The second-order valence-electron chi connectivity index (χ2n) is 4.21. The van der Waals surface area contributed by atoms with Crippen molar-refractivity contribution in [3.05, 3.63) is 47.3 Å². The van der Waals surface area contributed by atoms with E-state index in [-0.39, 0.29) is 0 Å². The van der Waals surface area contributed by atoms with Crippen LogP contribution in [0.15, 0.2) is 34.9 Å². The van der Waals surface area contributed by atoms with Crippen LogP contribution in [-0.2, 0) is 6.61 Å². The molecule has 96 valence electrons. The van der Waals surface area contributed by atoms with Crippen LogP contribution >= 0.6 is 0 Å². The molecule has 2 aromatic rings. The van der Waals surface area contributed by atoms with Crippen molar-refractivity contribution in [3.63, 3.8) is 0 Å². The van der Waals surface area contributed by atoms with Gasteiger partial charge in [0.15, 0.2) is 0 Å². The van der Waals surface area contributed by atoms with Crippen molar-refractivity contribution in [1.82, 2.24) is 5.16 Å². The number of aromatic nitrogens is 1. The van der Waals surface area contributed by atoms with Gasteiger partial charge in [-0.05, 0) is 31.0 Å². The van der Waals surface area contributed by atoms with Crippen molar-refractivity contribution >= 4 is 0 Å². The van der Waals surface area contributed by atoms with Gasteiger partial charge >= 0.3 is 0 Å². The lowest BCUT2D eigenvalue weighted by molar-refractivity contribution is 0.173. The lowest BCUT2D eigenvalue weighted by Gasteiger charge is -2.09. The van der Waals surface area contributed by atoms with Gasteiger partial charge in [-0.3, -0.25) is 0 Å². The van der Waals surface area contributed by atoms with Crippen LogP contribution in [0.2, 0.25) is 0 Å². The van der Waals surface area contributed by atoms with Crippen LogP contribution in [0.1, 0.15) is 36.5 Å². The number of aliphatic hydroxyl groups excluding tert-OH is 1. The van der Waals surface area contributed by atoms with Gasteiger partial charge in [0.2, 0.25) is 0 Å². The predicted octanol–water partition coefficient (Wildman–Crippen LogP) is 3.01. The molecule has 1 N–H and O–H groups in total. The number of aryl methyl sites for hydroxylation is 1. The van der Waals surface area contributed by atoms with E-state index in [0.29, 0.717) is 13.0 Å². The summed E-state index contributed by atoms with van der Waals surface area (Å²) in [5.74, 6) is 1.53. The molecule has 4 heteroatoms. The maximum atomic E-state index is 9.67. The van der Waals surface area contributed by atoms with Crippen molar-refractivity contribution in [2.45, 2.75) is 33.0 Å². The molecule has 0 aliphatic heterocycles. The maximum absolute atomic E-state index is 9.67. The van der Waals surface area contributed by atoms with Crippen LogP contribution < -0.4 is 4.74 Å². The second-order valence-corrected chi connectivity index (χ2v) is 4.21. The Balaban J connectivity index is 1.94. The van der Waals surface area contributed by atoms with Gasteiger partial charge in [-0.25, -0.2) is 0 Å². The quantitative estimate of drug-likeness (QED) is 0.882. The molecule has 0 amide bonds. The summed E-state index contributed by atoms with van der Waals surface area (Å²) in [7, 11) is 0. The highest BCUT2D eigenvalue weighted by molar-refractivity contribution is 5.28. The molecule has 0 saturated carbocycles. The molecular weight excluding hydrogens is 230 g/mol. The molecule has 0 unspecified atom stereocenters. The average Bonchev–Trinajstić information content (AvgIpc) is 2.82. The fourth-order valence-corrected chi connectivity index (χ4v) is 1.67. The molecule has 0 radical (unpaired) electrons. The minimum atomic E-state index is -0.405. The summed E-state index contributed by atoms with van der Waals surface area (Å²) >= 11 is 0. The minimum absolute atomic E-state index is 0.382. The Bertz CT molecular complexity index is 490. The van der Waals surface area contributed by atoms with E-state index in [1.165, 1.54) is 0 Å². The highest BCUT2D eigenvalue weighted by Crippen LogP contribution is 2.20. The number of aliphatic hydroxyl groups is 1. The van der Waals surface area contributed by atoms with Crippen LogP contribution in [0.25, 0.3) is 0 Å². The summed E-state index contributed by atoms with van der Waals surface area (Å²) in [5, 5.41) is 13.5. The fraction of sp³-hybridized carbons (Fsp3) is 0.357. The van der Waals surface area contributed by atoms with Crippen molar-refractivity contribution in [1.29, 1.82) is 0 Å². The summed E-state index contributed by atoms with van der Waals surface area (Å²) in [5.41, 5.74) is 1.67. The Morgan fingerprint density at radius 3 is 2.61 bits per heavy atom. The third-order valence-corrected chi connectivity index (χ3v) is 2.72. The molecule has 1 atom stereocenters. The van der Waals surface area contributed by atoms with Crippen LogP contribution in [0.4, 0.5) is 0 Å². The Kier molecular flexibility index (Phi) is 3.99. The van der Waals surface area contributed by atoms with E-state index in [0.717, 1.165) is 22.8 Å². The summed E-state index contributed by atoms with van der Waals surface area (Å²) < 4.78 is 10.5. The average molecular weight is 247 g/mol. The van der Waals surface area contributed by atoms with Crippen molar-refractivity contribution in [3.8, 4) is 5.75 Å². The zero-order valence-corrected chi connectivity index (χ0v) is 10.6. The van der Waals surface area contributed by atoms with E-state index in [1.807, 2.05) is 44.2 Å². The lowest BCUT2D eigenvalue weighted by Crippen LogP contribution is -1.97. The SMILES string of the molecule is CC[C@H](O)c1ccc(OCc2cc(C)on2)cc1. The first-order valence-corrected chi connectivity index (χ1v) is 6.02. The van der Waals surface area contributed by atoms with E-state index < -0.39 is 6.10 Å². The number of hydrogen-bond donors (Lipinski definition) is 1. The topological polar surface area (TPSA) is 55.5 Å².